The van der Waals surface area contributed by atoms with Gasteiger partial charge < -0.3 is 0 Å². The van der Waals surface area contributed by atoms with E-state index in [2.05, 4.69) is 5.10 Å². The van der Waals surface area contributed by atoms with Crippen LogP contribution in [0.15, 0.2) is 42.6 Å². The topological polar surface area (TPSA) is 69.0 Å². The molecule has 1 fully saturated rings. The molecule has 0 bridgehead atoms. The Morgan fingerprint density at radius 1 is 1.24 bits per heavy atom. The van der Waals surface area contributed by atoms with E-state index in [0.29, 0.717) is 12.1 Å². The second-order valence-electron chi connectivity index (χ2n) is 5.36. The fourth-order valence-electron chi connectivity index (χ4n) is 2.69. The van der Waals surface area contributed by atoms with Gasteiger partial charge in [0.15, 0.2) is 15.6 Å². The third-order valence-corrected chi connectivity index (χ3v) is 5.57. The Morgan fingerprint density at radius 2 is 2.00 bits per heavy atom. The van der Waals surface area contributed by atoms with Gasteiger partial charge in [-0.3, -0.25) is 4.79 Å². The van der Waals surface area contributed by atoms with Crippen LogP contribution in [-0.2, 0) is 9.84 Å². The van der Waals surface area contributed by atoms with Crippen LogP contribution in [0.2, 0.25) is 0 Å². The Hall–Kier alpha value is -1.95. The van der Waals surface area contributed by atoms with Gasteiger partial charge in [0.2, 0.25) is 0 Å². The van der Waals surface area contributed by atoms with Crippen molar-refractivity contribution < 1.29 is 13.2 Å². The van der Waals surface area contributed by atoms with Crippen LogP contribution in [-0.4, -0.2) is 35.5 Å². The quantitative estimate of drug-likeness (QED) is 0.809. The van der Waals surface area contributed by atoms with Gasteiger partial charge >= 0.3 is 0 Å². The van der Waals surface area contributed by atoms with Crippen molar-refractivity contribution in [2.75, 3.05) is 11.5 Å². The summed E-state index contributed by atoms with van der Waals surface area (Å²) in [6.45, 7) is 0. The normalized spacial score (nSPS) is 20.5. The van der Waals surface area contributed by atoms with E-state index in [9.17, 15) is 13.2 Å². The van der Waals surface area contributed by atoms with E-state index in [1.165, 1.54) is 0 Å². The van der Waals surface area contributed by atoms with Gasteiger partial charge in [0.25, 0.3) is 0 Å². The smallest absolute Gasteiger partial charge is 0.181 e. The molecule has 0 N–H and O–H groups in total. The zero-order valence-electron chi connectivity index (χ0n) is 11.5. The molecule has 1 aromatic heterocycles. The first kappa shape index (κ1) is 14.0. The molecule has 1 atom stereocenters. The third-order valence-electron chi connectivity index (χ3n) is 3.73. The monoisotopic (exact) mass is 304 g/mol. The summed E-state index contributed by atoms with van der Waals surface area (Å²) in [5, 5.41) is 4.19. The zero-order chi connectivity index (χ0) is 14.9. The average molecular weight is 304 g/mol. The minimum atomic E-state index is -2.95. The maximum Gasteiger partial charge on any atom is 0.181 e. The molecule has 3 rings (SSSR count). The second-order valence-corrected chi connectivity index (χ2v) is 7.59. The Balaban J connectivity index is 1.79. The Bertz CT molecular complexity index is 750. The number of ketones is 1. The number of nitrogens with zero attached hydrogens (tertiary/aromatic N) is 2. The maximum atomic E-state index is 12.4. The Labute approximate surface area is 123 Å². The van der Waals surface area contributed by atoms with Gasteiger partial charge in [0.05, 0.1) is 23.4 Å². The number of benzene rings is 1. The standard InChI is InChI=1S/C15H16N2O3S/c18-15(10-12-7-9-21(19,20)11-12)14-6-8-16-17(14)13-4-2-1-3-5-13/h1-6,8,12H,7,9-11H2. The number of hydrogen-bond acceptors (Lipinski definition) is 4. The molecule has 0 aliphatic carbocycles. The SMILES string of the molecule is O=C(CC1CCS(=O)(=O)C1)c1ccnn1-c1ccccc1. The first-order chi connectivity index (χ1) is 10.1. The van der Waals surface area contributed by atoms with E-state index in [4.69, 9.17) is 0 Å². The molecule has 0 spiro atoms. The molecule has 1 aliphatic heterocycles. The van der Waals surface area contributed by atoms with Crippen molar-refractivity contribution in [1.82, 2.24) is 9.78 Å². The van der Waals surface area contributed by atoms with Crippen molar-refractivity contribution in [3.8, 4) is 5.69 Å². The van der Waals surface area contributed by atoms with Crippen LogP contribution in [0, 0.1) is 5.92 Å². The van der Waals surface area contributed by atoms with Crippen LogP contribution >= 0.6 is 0 Å². The Kier molecular flexibility index (Phi) is 3.63. The van der Waals surface area contributed by atoms with Crippen molar-refractivity contribution in [3.05, 3.63) is 48.3 Å². The van der Waals surface area contributed by atoms with Crippen molar-refractivity contribution in [2.45, 2.75) is 12.8 Å². The number of Topliss-reactive ketones (excluding diaryl/α,β-unsaturated/α-hetero) is 1. The van der Waals surface area contributed by atoms with Crippen LogP contribution < -0.4 is 0 Å². The zero-order valence-corrected chi connectivity index (χ0v) is 12.3. The molecule has 21 heavy (non-hydrogen) atoms. The highest BCUT2D eigenvalue weighted by Crippen LogP contribution is 2.24. The van der Waals surface area contributed by atoms with Crippen LogP contribution in [0.3, 0.4) is 0 Å². The molecule has 2 aromatic rings. The van der Waals surface area contributed by atoms with E-state index in [1.54, 1.807) is 16.9 Å². The van der Waals surface area contributed by atoms with Gasteiger partial charge in [-0.2, -0.15) is 5.10 Å². The molecule has 5 nitrogen and oxygen atoms in total. The van der Waals surface area contributed by atoms with Crippen molar-refractivity contribution in [2.24, 2.45) is 5.92 Å². The van der Waals surface area contributed by atoms with Crippen molar-refractivity contribution in [3.63, 3.8) is 0 Å². The second kappa shape index (κ2) is 5.44. The fraction of sp³-hybridized carbons (Fsp3) is 0.333. The highest BCUT2D eigenvalue weighted by atomic mass is 32.2. The molecule has 1 saturated heterocycles. The van der Waals surface area contributed by atoms with Crippen molar-refractivity contribution in [1.29, 1.82) is 0 Å². The highest BCUT2D eigenvalue weighted by molar-refractivity contribution is 7.91. The lowest BCUT2D eigenvalue weighted by Gasteiger charge is -2.09. The molecule has 0 amide bonds. The van der Waals surface area contributed by atoms with E-state index < -0.39 is 9.84 Å². The van der Waals surface area contributed by atoms with E-state index in [0.717, 1.165) is 5.69 Å². The Morgan fingerprint density at radius 3 is 2.67 bits per heavy atom. The highest BCUT2D eigenvalue weighted by Gasteiger charge is 2.30. The summed E-state index contributed by atoms with van der Waals surface area (Å²) < 4.78 is 24.5. The molecule has 0 radical (unpaired) electrons. The van der Waals surface area contributed by atoms with Crippen molar-refractivity contribution >= 4 is 15.6 Å². The van der Waals surface area contributed by atoms with Crippen LogP contribution in [0.25, 0.3) is 5.69 Å². The molecule has 0 saturated carbocycles. The summed E-state index contributed by atoms with van der Waals surface area (Å²) in [5.41, 5.74) is 1.33. The molecule has 1 aliphatic rings. The van der Waals surface area contributed by atoms with Gasteiger partial charge in [-0.05, 0) is 30.5 Å². The maximum absolute atomic E-state index is 12.4. The van der Waals surface area contributed by atoms with Gasteiger partial charge in [-0.25, -0.2) is 13.1 Å². The van der Waals surface area contributed by atoms with Gasteiger partial charge in [0.1, 0.15) is 5.69 Å². The summed E-state index contributed by atoms with van der Waals surface area (Å²) in [7, 11) is -2.95. The third kappa shape index (κ3) is 3.05. The van der Waals surface area contributed by atoms with Gasteiger partial charge in [0, 0.05) is 6.42 Å². The molecule has 6 heteroatoms. The number of aromatic nitrogens is 2. The number of hydrogen-bond donors (Lipinski definition) is 0. The largest absolute Gasteiger partial charge is 0.292 e. The lowest BCUT2D eigenvalue weighted by Crippen LogP contribution is -2.14. The molecule has 1 unspecified atom stereocenters. The summed E-state index contributed by atoms with van der Waals surface area (Å²) >= 11 is 0. The molecular formula is C15H16N2O3S. The lowest BCUT2D eigenvalue weighted by molar-refractivity contribution is 0.0958. The first-order valence-electron chi connectivity index (χ1n) is 6.88. The lowest BCUT2D eigenvalue weighted by atomic mass is 10.0. The number of carbonyl (C=O) groups is 1. The van der Waals surface area contributed by atoms with E-state index >= 15 is 0 Å². The summed E-state index contributed by atoms with van der Waals surface area (Å²) in [6.07, 6.45) is 2.43. The minimum Gasteiger partial charge on any atom is -0.292 e. The van der Waals surface area contributed by atoms with E-state index in [-0.39, 0.29) is 29.6 Å². The molecular weight excluding hydrogens is 288 g/mol. The average Bonchev–Trinajstić information content (AvgIpc) is 3.06. The number of para-hydroxylation sites is 1. The van der Waals surface area contributed by atoms with Gasteiger partial charge in [-0.1, -0.05) is 18.2 Å². The summed E-state index contributed by atoms with van der Waals surface area (Å²) in [4.78, 5) is 12.4. The minimum absolute atomic E-state index is 0.0570. The fourth-order valence-corrected chi connectivity index (χ4v) is 4.55. The van der Waals surface area contributed by atoms with E-state index in [1.807, 2.05) is 30.3 Å². The van der Waals surface area contributed by atoms with Gasteiger partial charge in [-0.15, -0.1) is 0 Å². The summed E-state index contributed by atoms with van der Waals surface area (Å²) in [5.74, 6) is 0.196. The summed E-state index contributed by atoms with van der Waals surface area (Å²) in [6, 6.07) is 11.1. The predicted octanol–water partition coefficient (Wildman–Crippen LogP) is 1.88. The molecule has 2 heterocycles. The van der Waals surface area contributed by atoms with Crippen LogP contribution in [0.5, 0.6) is 0 Å². The predicted molar refractivity (Wildman–Crippen MR) is 79.3 cm³/mol. The number of rotatable bonds is 4. The van der Waals surface area contributed by atoms with Crippen LogP contribution in [0.4, 0.5) is 0 Å². The first-order valence-corrected chi connectivity index (χ1v) is 8.70. The number of carbonyl (C=O) groups excluding carboxylic acids is 1. The molecule has 1 aromatic carbocycles. The molecule has 110 valence electrons. The van der Waals surface area contributed by atoms with Crippen LogP contribution in [0.1, 0.15) is 23.3 Å². The number of sulfone groups is 1.